The minimum absolute atomic E-state index is 0.0420. The number of rotatable bonds is 8. The molecule has 34 heavy (non-hydrogen) atoms. The molecule has 3 rings (SSSR count). The highest BCUT2D eigenvalue weighted by molar-refractivity contribution is 7.66. The Hall–Kier alpha value is -1.82. The molecular weight excluding hydrogens is 533 g/mol. The second-order valence-corrected chi connectivity index (χ2v) is 11.0. The van der Waals surface area contributed by atoms with Crippen LogP contribution >= 0.6 is 23.5 Å². The molecule has 1 fully saturated rings. The molecule has 2 unspecified atom stereocenters. The molecule has 0 aromatic carbocycles. The van der Waals surface area contributed by atoms with Crippen LogP contribution in [-0.4, -0.2) is 67.4 Å². The van der Waals surface area contributed by atoms with E-state index >= 15 is 0 Å². The predicted octanol–water partition coefficient (Wildman–Crippen LogP) is -2.28. The molecule has 22 heteroatoms. The number of aromatic amines is 1. The average Bonchev–Trinajstić information content (AvgIpc) is 3.17. The highest BCUT2D eigenvalue weighted by atomic mass is 31.3. The van der Waals surface area contributed by atoms with Crippen molar-refractivity contribution in [3.8, 4) is 5.95 Å². The average molecular weight is 550 g/mol. The second kappa shape index (κ2) is 9.33. The first-order chi connectivity index (χ1) is 15.5. The van der Waals surface area contributed by atoms with Crippen LogP contribution in [0.1, 0.15) is 11.7 Å². The summed E-state index contributed by atoms with van der Waals surface area (Å²) in [5.74, 6) is 0.0420. The molecule has 19 nitrogen and oxygen atoms in total. The Morgan fingerprint density at radius 3 is 2.26 bits per heavy atom. The molecule has 0 bridgehead atoms. The van der Waals surface area contributed by atoms with Crippen LogP contribution in [0, 0.1) is 0 Å². The summed E-state index contributed by atoms with van der Waals surface area (Å²) < 4.78 is 52.9. The number of H-pyrrole nitrogens is 1. The first kappa shape index (κ1) is 26.8. The van der Waals surface area contributed by atoms with Crippen molar-refractivity contribution in [2.75, 3.05) is 0 Å². The largest absolute Gasteiger partial charge is 0.490 e. The van der Waals surface area contributed by atoms with Gasteiger partial charge in [0.15, 0.2) is 6.29 Å². The zero-order valence-corrected chi connectivity index (χ0v) is 19.3. The van der Waals surface area contributed by atoms with Crippen molar-refractivity contribution >= 4 is 23.5 Å². The van der Waals surface area contributed by atoms with Crippen LogP contribution in [-0.2, 0) is 38.6 Å². The normalized spacial score (nSPS) is 26.8. The van der Waals surface area contributed by atoms with Crippen LogP contribution in [0.2, 0.25) is 0 Å². The number of imidazole rings is 1. The lowest BCUT2D eigenvalue weighted by atomic mass is 10.1. The van der Waals surface area contributed by atoms with E-state index in [9.17, 15) is 43.3 Å². The Morgan fingerprint density at radius 1 is 1.06 bits per heavy atom. The van der Waals surface area contributed by atoms with Crippen molar-refractivity contribution in [1.82, 2.24) is 19.1 Å². The van der Waals surface area contributed by atoms with Gasteiger partial charge in [0.25, 0.3) is 5.56 Å². The molecule has 2 aromatic rings. The van der Waals surface area contributed by atoms with E-state index in [0.29, 0.717) is 0 Å². The van der Waals surface area contributed by atoms with Gasteiger partial charge in [-0.05, 0) is 0 Å². The maximum atomic E-state index is 12.3. The van der Waals surface area contributed by atoms with Crippen molar-refractivity contribution < 1.29 is 61.4 Å². The van der Waals surface area contributed by atoms with Gasteiger partial charge in [-0.15, -0.1) is 0 Å². The van der Waals surface area contributed by atoms with Gasteiger partial charge in [0, 0.05) is 25.6 Å². The van der Waals surface area contributed by atoms with Crippen LogP contribution in [0.4, 0.5) is 0 Å². The van der Waals surface area contributed by atoms with Gasteiger partial charge >= 0.3 is 29.2 Å². The Balaban J connectivity index is 1.86. The number of hydrogen-bond donors (Lipinski definition) is 7. The Kier molecular flexibility index (Phi) is 7.35. The zero-order valence-electron chi connectivity index (χ0n) is 16.6. The molecule has 0 radical (unpaired) electrons. The molecule has 1 aliphatic heterocycles. The first-order valence-electron chi connectivity index (χ1n) is 8.67. The summed E-state index contributed by atoms with van der Waals surface area (Å²) in [4.78, 5) is 66.2. The number of phosphoric acid groups is 3. The zero-order chi connectivity index (χ0) is 25.6. The lowest BCUT2D eigenvalue weighted by Gasteiger charge is -2.20. The molecule has 0 aliphatic carbocycles. The fourth-order valence-corrected chi connectivity index (χ4v) is 5.94. The number of hydrogen-bond acceptors (Lipinski definition) is 12. The molecule has 2 aromatic heterocycles. The van der Waals surface area contributed by atoms with Gasteiger partial charge < -0.3 is 39.1 Å². The van der Waals surface area contributed by atoms with E-state index in [4.69, 9.17) is 14.5 Å². The van der Waals surface area contributed by atoms with Crippen LogP contribution in [0.5, 0.6) is 0 Å². The summed E-state index contributed by atoms with van der Waals surface area (Å²) >= 11 is 0. The predicted molar refractivity (Wildman–Crippen MR) is 104 cm³/mol. The first-order valence-corrected chi connectivity index (χ1v) is 13.2. The smallest absolute Gasteiger partial charge is 0.387 e. The van der Waals surface area contributed by atoms with Crippen LogP contribution in [0.3, 0.4) is 0 Å². The molecular formula is C12H17N4O15P3. The van der Waals surface area contributed by atoms with Crippen molar-refractivity contribution in [1.29, 1.82) is 0 Å². The number of nitrogens with one attached hydrogen (secondary N) is 1. The summed E-state index contributed by atoms with van der Waals surface area (Å²) in [5, 5.41) is 20.4. The van der Waals surface area contributed by atoms with Gasteiger partial charge in [-0.25, -0.2) is 28.0 Å². The van der Waals surface area contributed by atoms with Gasteiger partial charge in [0.05, 0.1) is 5.56 Å². The number of aryl methyl sites for hydroxylation is 1. The van der Waals surface area contributed by atoms with Crippen molar-refractivity contribution in [3.05, 3.63) is 45.0 Å². The molecule has 3 heterocycles. The summed E-state index contributed by atoms with van der Waals surface area (Å²) in [6.45, 7) is 0. The standard InChI is InChI=1S/C12H17N4O15P3/c1-15-3-2-13-11(15)16-4-5(9(19)14-12(16)20)8-6(17)7(18)10(28-8)29-33(24,25)31-34(26,27)30-32(21,22)23/h2-4,6-8,10,17-18H,1H3,(H,24,25)(H,26,27)(H,14,19,20)(H2,21,22,23)/t6-,7+,8+,10-/m1/s1. The molecule has 0 saturated carbocycles. The summed E-state index contributed by atoms with van der Waals surface area (Å²) in [6, 6.07) is 0. The fourth-order valence-electron chi connectivity index (χ4n) is 2.85. The van der Waals surface area contributed by atoms with E-state index < -0.39 is 64.9 Å². The van der Waals surface area contributed by atoms with E-state index in [1.54, 1.807) is 0 Å². The molecule has 0 spiro atoms. The molecule has 1 saturated heterocycles. The van der Waals surface area contributed by atoms with Gasteiger partial charge in [0.1, 0.15) is 18.3 Å². The minimum Gasteiger partial charge on any atom is -0.387 e. The molecule has 6 atom stereocenters. The molecule has 1 aliphatic rings. The van der Waals surface area contributed by atoms with E-state index in [2.05, 4.69) is 18.1 Å². The summed E-state index contributed by atoms with van der Waals surface area (Å²) in [5.41, 5.74) is -2.43. The SMILES string of the molecule is Cn1ccnc1-n1cc([C@@H]2O[C@H](OP(=O)(O)OP(=O)(O)OP(=O)(O)O)[C@@H](O)[C@H]2O)c(=O)[nH]c1=O. The molecule has 190 valence electrons. The van der Waals surface area contributed by atoms with Gasteiger partial charge in [-0.3, -0.25) is 14.3 Å². The second-order valence-electron chi connectivity index (χ2n) is 6.65. The Morgan fingerprint density at radius 2 is 1.71 bits per heavy atom. The number of ether oxygens (including phenoxy) is 1. The Bertz CT molecular complexity index is 1330. The fraction of sp³-hybridized carbons (Fsp3) is 0.417. The van der Waals surface area contributed by atoms with E-state index in [1.807, 2.05) is 4.98 Å². The third kappa shape index (κ3) is 6.05. The lowest BCUT2D eigenvalue weighted by Crippen LogP contribution is -2.36. The number of aliphatic hydroxyl groups is 2. The Labute approximate surface area is 187 Å². The third-order valence-corrected chi connectivity index (χ3v) is 7.96. The number of aromatic nitrogens is 4. The van der Waals surface area contributed by atoms with E-state index in [-0.39, 0.29) is 5.95 Å². The number of phosphoric ester groups is 1. The maximum Gasteiger partial charge on any atom is 0.490 e. The highest BCUT2D eigenvalue weighted by Gasteiger charge is 2.50. The van der Waals surface area contributed by atoms with Crippen molar-refractivity contribution in [2.45, 2.75) is 24.6 Å². The quantitative estimate of drug-likeness (QED) is 0.170. The van der Waals surface area contributed by atoms with Crippen LogP contribution in [0.25, 0.3) is 5.95 Å². The van der Waals surface area contributed by atoms with Crippen molar-refractivity contribution in [2.24, 2.45) is 7.05 Å². The van der Waals surface area contributed by atoms with Gasteiger partial charge in [-0.1, -0.05) is 0 Å². The van der Waals surface area contributed by atoms with Crippen LogP contribution in [0.15, 0.2) is 28.2 Å². The monoisotopic (exact) mass is 550 g/mol. The van der Waals surface area contributed by atoms with Gasteiger partial charge in [0.2, 0.25) is 5.95 Å². The van der Waals surface area contributed by atoms with Crippen molar-refractivity contribution in [3.63, 3.8) is 0 Å². The highest BCUT2D eigenvalue weighted by Crippen LogP contribution is 2.67. The van der Waals surface area contributed by atoms with E-state index in [0.717, 1.165) is 10.8 Å². The minimum atomic E-state index is -5.86. The molecule has 7 N–H and O–H groups in total. The maximum absolute atomic E-state index is 12.3. The topological polar surface area (TPSA) is 282 Å². The third-order valence-electron chi connectivity index (χ3n) is 4.16. The summed E-state index contributed by atoms with van der Waals surface area (Å²) in [7, 11) is -15.7. The number of nitrogens with zero attached hydrogens (tertiary/aromatic N) is 3. The van der Waals surface area contributed by atoms with Crippen LogP contribution < -0.4 is 11.2 Å². The summed E-state index contributed by atoms with van der Waals surface area (Å²) in [6.07, 6.45) is -4.42. The lowest BCUT2D eigenvalue weighted by molar-refractivity contribution is -0.120. The van der Waals surface area contributed by atoms with E-state index in [1.165, 1.54) is 24.0 Å². The molecule has 0 amide bonds. The van der Waals surface area contributed by atoms with Gasteiger partial charge in [-0.2, -0.15) is 8.62 Å². The number of aliphatic hydroxyl groups excluding tert-OH is 2.